The molecule has 4 aromatic rings. The van der Waals surface area contributed by atoms with Crippen molar-refractivity contribution in [3.63, 3.8) is 0 Å². The van der Waals surface area contributed by atoms with Crippen LogP contribution >= 0.6 is 0 Å². The van der Waals surface area contributed by atoms with Crippen LogP contribution in [0.25, 0.3) is 27.8 Å². The highest BCUT2D eigenvalue weighted by Gasteiger charge is 2.05. The lowest BCUT2D eigenvalue weighted by Gasteiger charge is -2.06. The largest absolute Gasteiger partial charge is 0.300 e. The van der Waals surface area contributed by atoms with Crippen molar-refractivity contribution in [2.24, 2.45) is 0 Å². The highest BCUT2D eigenvalue weighted by atomic mass is 19.1. The molecule has 0 aliphatic carbocycles. The summed E-state index contributed by atoms with van der Waals surface area (Å²) in [4.78, 5) is 12.3. The van der Waals surface area contributed by atoms with Gasteiger partial charge in [0.15, 0.2) is 0 Å². The molecule has 0 spiro atoms. The van der Waals surface area contributed by atoms with E-state index in [4.69, 9.17) is 0 Å². The van der Waals surface area contributed by atoms with Crippen LogP contribution in [0.4, 0.5) is 4.39 Å². The first-order valence-corrected chi connectivity index (χ1v) is 6.81. The number of rotatable bonds is 2. The Kier molecular flexibility index (Phi) is 2.89. The highest BCUT2D eigenvalue weighted by Crippen LogP contribution is 2.21. The third-order valence-electron chi connectivity index (χ3n) is 3.55. The van der Waals surface area contributed by atoms with Crippen molar-refractivity contribution in [1.82, 2.24) is 19.5 Å². The second-order valence-corrected chi connectivity index (χ2v) is 4.89. The minimum absolute atomic E-state index is 0.486. The molecule has 0 N–H and O–H groups in total. The van der Waals surface area contributed by atoms with Gasteiger partial charge in [-0.2, -0.15) is 4.39 Å². The van der Waals surface area contributed by atoms with E-state index in [1.54, 1.807) is 18.5 Å². The lowest BCUT2D eigenvalue weighted by Crippen LogP contribution is -1.96. The maximum Gasteiger partial charge on any atom is 0.212 e. The van der Waals surface area contributed by atoms with Crippen molar-refractivity contribution in [1.29, 1.82) is 0 Å². The summed E-state index contributed by atoms with van der Waals surface area (Å²) in [6.45, 7) is 0. The number of halogens is 1. The molecule has 4 nitrogen and oxygen atoms in total. The van der Waals surface area contributed by atoms with Gasteiger partial charge < -0.3 is 0 Å². The Labute approximate surface area is 125 Å². The van der Waals surface area contributed by atoms with Crippen LogP contribution in [0.3, 0.4) is 0 Å². The maximum absolute atomic E-state index is 12.9. The van der Waals surface area contributed by atoms with Gasteiger partial charge in [0.1, 0.15) is 5.82 Å². The summed E-state index contributed by atoms with van der Waals surface area (Å²) in [5.41, 5.74) is 2.73. The number of pyridine rings is 3. The molecule has 0 aliphatic rings. The van der Waals surface area contributed by atoms with Gasteiger partial charge in [0, 0.05) is 41.3 Å². The van der Waals surface area contributed by atoms with E-state index in [2.05, 4.69) is 15.0 Å². The molecule has 0 radical (unpaired) electrons. The molecule has 4 heterocycles. The fourth-order valence-corrected chi connectivity index (χ4v) is 2.42. The van der Waals surface area contributed by atoms with Gasteiger partial charge in [-0.15, -0.1) is 0 Å². The summed E-state index contributed by atoms with van der Waals surface area (Å²) in [6, 6.07) is 10.9. The van der Waals surface area contributed by atoms with Gasteiger partial charge in [-0.1, -0.05) is 0 Å². The smallest absolute Gasteiger partial charge is 0.212 e. The maximum atomic E-state index is 12.9. The number of hydrogen-bond acceptors (Lipinski definition) is 3. The quantitative estimate of drug-likeness (QED) is 0.530. The van der Waals surface area contributed by atoms with Crippen molar-refractivity contribution < 1.29 is 4.39 Å². The van der Waals surface area contributed by atoms with Crippen molar-refractivity contribution in [3.8, 4) is 16.9 Å². The van der Waals surface area contributed by atoms with E-state index < -0.39 is 5.95 Å². The molecule has 0 amide bonds. The molecule has 0 saturated carbocycles. The molecule has 0 aliphatic heterocycles. The van der Waals surface area contributed by atoms with Crippen LogP contribution in [0.15, 0.2) is 67.4 Å². The Balaban J connectivity index is 1.74. The van der Waals surface area contributed by atoms with Gasteiger partial charge in [0.25, 0.3) is 0 Å². The van der Waals surface area contributed by atoms with E-state index in [-0.39, 0.29) is 0 Å². The first kappa shape index (κ1) is 12.6. The van der Waals surface area contributed by atoms with Crippen LogP contribution < -0.4 is 0 Å². The van der Waals surface area contributed by atoms with Crippen molar-refractivity contribution in [2.45, 2.75) is 0 Å². The predicted molar refractivity (Wildman–Crippen MR) is 82.1 cm³/mol. The van der Waals surface area contributed by atoms with E-state index in [1.807, 2.05) is 41.2 Å². The van der Waals surface area contributed by atoms with Crippen molar-refractivity contribution >= 4 is 10.9 Å². The van der Waals surface area contributed by atoms with Crippen LogP contribution in [0.5, 0.6) is 0 Å². The van der Waals surface area contributed by atoms with E-state index >= 15 is 0 Å². The zero-order valence-corrected chi connectivity index (χ0v) is 11.5. The first-order valence-electron chi connectivity index (χ1n) is 6.81. The van der Waals surface area contributed by atoms with E-state index in [0.717, 1.165) is 27.8 Å². The standard InChI is InChI=1S/C17H11FN4/c18-16-3-1-13(9-20-16)14-2-4-17(21-10-14)22-8-6-12-5-7-19-11-15(12)22/h1-11H. The Morgan fingerprint density at radius 2 is 1.64 bits per heavy atom. The molecule has 4 aromatic heterocycles. The summed E-state index contributed by atoms with van der Waals surface area (Å²) < 4.78 is 14.8. The average molecular weight is 290 g/mol. The second kappa shape index (κ2) is 5.04. The minimum Gasteiger partial charge on any atom is -0.300 e. The molecule has 4 rings (SSSR count). The first-order chi connectivity index (χ1) is 10.8. The molecule has 0 bridgehead atoms. The van der Waals surface area contributed by atoms with Crippen LogP contribution in [-0.2, 0) is 0 Å². The third-order valence-corrected chi connectivity index (χ3v) is 3.55. The summed E-state index contributed by atoms with van der Waals surface area (Å²) in [6.07, 6.45) is 8.81. The number of fused-ring (bicyclic) bond motifs is 1. The van der Waals surface area contributed by atoms with Crippen LogP contribution in [0.1, 0.15) is 0 Å². The molecule has 0 unspecified atom stereocenters. The fourth-order valence-electron chi connectivity index (χ4n) is 2.42. The molecule has 0 aromatic carbocycles. The molecule has 5 heteroatoms. The predicted octanol–water partition coefficient (Wildman–Crippen LogP) is 3.62. The molecular weight excluding hydrogens is 279 g/mol. The van der Waals surface area contributed by atoms with E-state index in [9.17, 15) is 4.39 Å². The summed E-state index contributed by atoms with van der Waals surface area (Å²) in [5.74, 6) is 0.321. The number of aromatic nitrogens is 4. The fraction of sp³-hybridized carbons (Fsp3) is 0. The number of nitrogens with zero attached hydrogens (tertiary/aromatic N) is 4. The van der Waals surface area contributed by atoms with Crippen LogP contribution in [0.2, 0.25) is 0 Å². The van der Waals surface area contributed by atoms with E-state index in [0.29, 0.717) is 0 Å². The van der Waals surface area contributed by atoms with Crippen LogP contribution in [0, 0.1) is 5.95 Å². The van der Waals surface area contributed by atoms with Gasteiger partial charge >= 0.3 is 0 Å². The lowest BCUT2D eigenvalue weighted by atomic mass is 10.1. The number of hydrogen-bond donors (Lipinski definition) is 0. The summed E-state index contributed by atoms with van der Waals surface area (Å²) in [7, 11) is 0. The zero-order chi connectivity index (χ0) is 14.9. The van der Waals surface area contributed by atoms with E-state index in [1.165, 1.54) is 12.3 Å². The normalized spacial score (nSPS) is 11.0. The van der Waals surface area contributed by atoms with Crippen molar-refractivity contribution in [2.75, 3.05) is 0 Å². The Hall–Kier alpha value is -3.08. The van der Waals surface area contributed by atoms with Gasteiger partial charge in [-0.3, -0.25) is 9.55 Å². The Morgan fingerprint density at radius 1 is 0.818 bits per heavy atom. The van der Waals surface area contributed by atoms with Gasteiger partial charge in [0.05, 0.1) is 11.7 Å². The van der Waals surface area contributed by atoms with Crippen LogP contribution in [-0.4, -0.2) is 19.5 Å². The Morgan fingerprint density at radius 3 is 2.36 bits per heavy atom. The van der Waals surface area contributed by atoms with Gasteiger partial charge in [-0.25, -0.2) is 9.97 Å². The van der Waals surface area contributed by atoms with Crippen molar-refractivity contribution in [3.05, 3.63) is 73.3 Å². The SMILES string of the molecule is Fc1ccc(-c2ccc(-n3ccc4ccncc43)nc2)cn1. The lowest BCUT2D eigenvalue weighted by molar-refractivity contribution is 0.584. The summed E-state index contributed by atoms with van der Waals surface area (Å²) >= 11 is 0. The third kappa shape index (κ3) is 2.13. The summed E-state index contributed by atoms with van der Waals surface area (Å²) in [5, 5.41) is 1.11. The van der Waals surface area contributed by atoms with Gasteiger partial charge in [0.2, 0.25) is 5.95 Å². The molecule has 106 valence electrons. The average Bonchev–Trinajstić information content (AvgIpc) is 3.00. The second-order valence-electron chi connectivity index (χ2n) is 4.89. The molecule has 0 fully saturated rings. The Bertz CT molecular complexity index is 927. The minimum atomic E-state index is -0.486. The molecule has 22 heavy (non-hydrogen) atoms. The topological polar surface area (TPSA) is 43.6 Å². The molecule has 0 atom stereocenters. The highest BCUT2D eigenvalue weighted by molar-refractivity contribution is 5.80. The molecule has 0 saturated heterocycles. The molecular formula is C17H11FN4. The van der Waals surface area contributed by atoms with Gasteiger partial charge in [-0.05, 0) is 36.4 Å². The zero-order valence-electron chi connectivity index (χ0n) is 11.5. The monoisotopic (exact) mass is 290 g/mol.